The van der Waals surface area contributed by atoms with Gasteiger partial charge in [0, 0.05) is 28.1 Å². The van der Waals surface area contributed by atoms with Crippen molar-refractivity contribution in [2.45, 2.75) is 58.3 Å². The lowest BCUT2D eigenvalue weighted by Crippen LogP contribution is -2.38. The molecule has 0 spiro atoms. The molecular formula is C25H23FN2O4. The third-order valence-electron chi connectivity index (χ3n) is 7.53. The molecule has 0 bridgehead atoms. The van der Waals surface area contributed by atoms with E-state index in [1.807, 2.05) is 6.92 Å². The van der Waals surface area contributed by atoms with Gasteiger partial charge < -0.3 is 14.4 Å². The van der Waals surface area contributed by atoms with Gasteiger partial charge in [-0.3, -0.25) is 9.59 Å². The minimum atomic E-state index is -1.77. The molecule has 0 unspecified atom stereocenters. The molecule has 32 heavy (non-hydrogen) atoms. The van der Waals surface area contributed by atoms with Crippen LogP contribution in [0.1, 0.15) is 53.1 Å². The van der Waals surface area contributed by atoms with Crippen LogP contribution in [0.25, 0.3) is 22.3 Å². The van der Waals surface area contributed by atoms with Gasteiger partial charge in [0.15, 0.2) is 11.4 Å². The highest BCUT2D eigenvalue weighted by Gasteiger charge is 2.42. The SMILES string of the molecule is CC[C@@]1(O)C(=O)COCc2c1cc1n(c2=O)Cc2c-1nc1cc(F)c(C)c3c1c2CCC3. The van der Waals surface area contributed by atoms with E-state index in [2.05, 4.69) is 0 Å². The molecule has 1 aromatic carbocycles. The molecule has 0 radical (unpaired) electrons. The molecule has 3 aliphatic rings. The van der Waals surface area contributed by atoms with Crippen LogP contribution < -0.4 is 5.56 Å². The highest BCUT2D eigenvalue weighted by molar-refractivity contribution is 5.93. The monoisotopic (exact) mass is 434 g/mol. The number of pyridine rings is 2. The van der Waals surface area contributed by atoms with E-state index in [0.717, 1.165) is 41.3 Å². The number of aryl methyl sites for hydroxylation is 2. The van der Waals surface area contributed by atoms with Crippen LogP contribution in [0.5, 0.6) is 0 Å². The topological polar surface area (TPSA) is 81.4 Å². The summed E-state index contributed by atoms with van der Waals surface area (Å²) in [6.07, 6.45) is 2.73. The second-order valence-corrected chi connectivity index (χ2v) is 9.07. The van der Waals surface area contributed by atoms with Gasteiger partial charge in [-0.05, 0) is 55.4 Å². The number of fused-ring (bicyclic) bond motifs is 5. The van der Waals surface area contributed by atoms with E-state index in [9.17, 15) is 19.1 Å². The number of nitrogens with zero attached hydrogens (tertiary/aromatic N) is 2. The molecule has 0 fully saturated rings. The molecule has 1 N–H and O–H groups in total. The third-order valence-corrected chi connectivity index (χ3v) is 7.53. The maximum atomic E-state index is 14.6. The summed E-state index contributed by atoms with van der Waals surface area (Å²) in [5.41, 5.74) is 4.17. The fourth-order valence-corrected chi connectivity index (χ4v) is 5.72. The molecule has 7 heteroatoms. The number of aromatic nitrogens is 2. The van der Waals surface area contributed by atoms with E-state index in [4.69, 9.17) is 9.72 Å². The van der Waals surface area contributed by atoms with Crippen molar-refractivity contribution in [3.05, 3.63) is 61.7 Å². The summed E-state index contributed by atoms with van der Waals surface area (Å²) in [6.45, 7) is 3.65. The quantitative estimate of drug-likeness (QED) is 0.498. The number of halogens is 1. The Kier molecular flexibility index (Phi) is 4.05. The fraction of sp³-hybridized carbons (Fsp3) is 0.400. The summed E-state index contributed by atoms with van der Waals surface area (Å²) in [7, 11) is 0. The maximum Gasteiger partial charge on any atom is 0.257 e. The lowest BCUT2D eigenvalue weighted by Gasteiger charge is -2.25. The average molecular weight is 434 g/mol. The van der Waals surface area contributed by atoms with E-state index >= 15 is 0 Å². The summed E-state index contributed by atoms with van der Waals surface area (Å²) in [6, 6.07) is 3.20. The standard InChI is InChI=1S/C25H23FN2O4/c1-3-25(31)17-7-20-23-15(9-28(20)24(30)16(17)10-32-11-21(25)29)14-6-4-5-13-12(2)18(26)8-19(27-23)22(13)14/h7-8,31H,3-6,9-11H2,1-2H3/t25-/m0/s1. The molecule has 1 atom stereocenters. The number of ether oxygens (including phenoxy) is 1. The number of carbonyl (C=O) groups is 1. The fourth-order valence-electron chi connectivity index (χ4n) is 5.72. The van der Waals surface area contributed by atoms with Gasteiger partial charge in [0.25, 0.3) is 5.56 Å². The molecule has 3 aromatic rings. The van der Waals surface area contributed by atoms with E-state index in [0.29, 0.717) is 40.1 Å². The van der Waals surface area contributed by atoms with Gasteiger partial charge in [0.1, 0.15) is 12.4 Å². The lowest BCUT2D eigenvalue weighted by molar-refractivity contribution is -0.142. The van der Waals surface area contributed by atoms with Crippen LogP contribution in [0.4, 0.5) is 4.39 Å². The highest BCUT2D eigenvalue weighted by atomic mass is 19.1. The molecule has 2 aliphatic heterocycles. The van der Waals surface area contributed by atoms with Crippen LogP contribution in [0, 0.1) is 12.7 Å². The number of Topliss-reactive ketones (excluding diaryl/α,β-unsaturated/α-hetero) is 1. The van der Waals surface area contributed by atoms with Crippen molar-refractivity contribution >= 4 is 16.7 Å². The number of benzene rings is 1. The van der Waals surface area contributed by atoms with Crippen molar-refractivity contribution in [2.75, 3.05) is 6.61 Å². The predicted octanol–water partition coefficient (Wildman–Crippen LogP) is 3.06. The van der Waals surface area contributed by atoms with Gasteiger partial charge in [-0.2, -0.15) is 0 Å². The molecule has 4 heterocycles. The number of hydrogen-bond acceptors (Lipinski definition) is 5. The van der Waals surface area contributed by atoms with Gasteiger partial charge in [0.05, 0.1) is 30.1 Å². The van der Waals surface area contributed by atoms with Gasteiger partial charge in [-0.25, -0.2) is 9.37 Å². The predicted molar refractivity (Wildman–Crippen MR) is 116 cm³/mol. The molecule has 0 saturated carbocycles. The first-order valence-corrected chi connectivity index (χ1v) is 11.1. The van der Waals surface area contributed by atoms with Crippen molar-refractivity contribution in [3.8, 4) is 11.4 Å². The summed E-state index contributed by atoms with van der Waals surface area (Å²) >= 11 is 0. The van der Waals surface area contributed by atoms with Crippen LogP contribution in [0.2, 0.25) is 0 Å². The number of rotatable bonds is 1. The van der Waals surface area contributed by atoms with Crippen LogP contribution >= 0.6 is 0 Å². The Bertz CT molecular complexity index is 1420. The van der Waals surface area contributed by atoms with Gasteiger partial charge in [0.2, 0.25) is 0 Å². The first-order valence-electron chi connectivity index (χ1n) is 11.1. The van der Waals surface area contributed by atoms with Crippen LogP contribution in [0.3, 0.4) is 0 Å². The Balaban J connectivity index is 1.68. The van der Waals surface area contributed by atoms with E-state index in [1.54, 1.807) is 17.6 Å². The maximum absolute atomic E-state index is 14.6. The van der Waals surface area contributed by atoms with E-state index in [-0.39, 0.29) is 31.0 Å². The highest BCUT2D eigenvalue weighted by Crippen LogP contribution is 2.42. The molecule has 0 saturated heterocycles. The Morgan fingerprint density at radius 3 is 2.72 bits per heavy atom. The number of hydrogen-bond donors (Lipinski definition) is 1. The van der Waals surface area contributed by atoms with Crippen molar-refractivity contribution in [2.24, 2.45) is 0 Å². The lowest BCUT2D eigenvalue weighted by atomic mass is 9.84. The number of ketones is 1. The zero-order valence-electron chi connectivity index (χ0n) is 18.0. The molecule has 1 aliphatic carbocycles. The molecular weight excluding hydrogens is 411 g/mol. The van der Waals surface area contributed by atoms with E-state index in [1.165, 1.54) is 6.07 Å². The summed E-state index contributed by atoms with van der Waals surface area (Å²) in [4.78, 5) is 30.9. The number of aliphatic hydroxyl groups is 1. The van der Waals surface area contributed by atoms with Crippen LogP contribution in [-0.2, 0) is 41.1 Å². The minimum absolute atomic E-state index is 0.0182. The summed E-state index contributed by atoms with van der Waals surface area (Å²) < 4.78 is 21.7. The number of carbonyl (C=O) groups excluding carboxylic acids is 1. The normalized spacial score (nSPS) is 21.3. The zero-order valence-corrected chi connectivity index (χ0v) is 18.0. The van der Waals surface area contributed by atoms with Gasteiger partial charge in [-0.15, -0.1) is 0 Å². The largest absolute Gasteiger partial charge is 0.377 e. The summed E-state index contributed by atoms with van der Waals surface area (Å²) in [5.74, 6) is -0.724. The smallest absolute Gasteiger partial charge is 0.257 e. The molecule has 164 valence electrons. The average Bonchev–Trinajstić information content (AvgIpc) is 3.11. The van der Waals surface area contributed by atoms with Crippen molar-refractivity contribution in [3.63, 3.8) is 0 Å². The Labute approximate surface area is 183 Å². The van der Waals surface area contributed by atoms with Gasteiger partial charge in [-0.1, -0.05) is 6.92 Å². The van der Waals surface area contributed by atoms with Crippen molar-refractivity contribution in [1.82, 2.24) is 9.55 Å². The molecule has 2 aromatic heterocycles. The Morgan fingerprint density at radius 2 is 1.94 bits per heavy atom. The van der Waals surface area contributed by atoms with Crippen LogP contribution in [0.15, 0.2) is 16.9 Å². The van der Waals surface area contributed by atoms with Gasteiger partial charge >= 0.3 is 0 Å². The molecule has 6 rings (SSSR count). The second kappa shape index (κ2) is 6.56. The van der Waals surface area contributed by atoms with E-state index < -0.39 is 11.4 Å². The zero-order chi connectivity index (χ0) is 22.4. The first-order chi connectivity index (χ1) is 15.3. The Hall–Kier alpha value is -2.90. The molecule has 6 nitrogen and oxygen atoms in total. The first kappa shape index (κ1) is 19.8. The second-order valence-electron chi connectivity index (χ2n) is 9.07. The Morgan fingerprint density at radius 1 is 1.16 bits per heavy atom. The van der Waals surface area contributed by atoms with Crippen molar-refractivity contribution < 1.29 is 19.0 Å². The third kappa shape index (κ3) is 2.38. The molecule has 0 amide bonds. The van der Waals surface area contributed by atoms with Crippen LogP contribution in [-0.4, -0.2) is 27.0 Å². The summed E-state index contributed by atoms with van der Waals surface area (Å²) in [5, 5.41) is 12.2. The minimum Gasteiger partial charge on any atom is -0.377 e. The van der Waals surface area contributed by atoms with Crippen molar-refractivity contribution in [1.29, 1.82) is 0 Å².